The Morgan fingerprint density at radius 2 is 1.31 bits per heavy atom. The summed E-state index contributed by atoms with van der Waals surface area (Å²) in [5.74, 6) is 0.697. The van der Waals surface area contributed by atoms with E-state index in [-0.39, 0.29) is 32.5 Å². The summed E-state index contributed by atoms with van der Waals surface area (Å²) in [6.45, 7) is 14.5. The van der Waals surface area contributed by atoms with Crippen molar-refractivity contribution >= 4 is 92.7 Å². The molecule has 0 N–H and O–H groups in total. The van der Waals surface area contributed by atoms with Gasteiger partial charge in [0.05, 0.1) is 0 Å². The molecule has 0 unspecified atom stereocenters. The monoisotopic (exact) mass is 757 g/mol. The molecule has 240 valence electrons. The van der Waals surface area contributed by atoms with Crippen LogP contribution in [-0.2, 0) is 10.8 Å². The summed E-state index contributed by atoms with van der Waals surface area (Å²) in [5.41, 5.74) is 13.4. The Morgan fingerprint density at radius 1 is 0.604 bits per heavy atom. The Bertz CT molecular complexity index is 2260. The summed E-state index contributed by atoms with van der Waals surface area (Å²) in [7, 11) is 0. The van der Waals surface area contributed by atoms with Gasteiger partial charge in [-0.05, 0) is 0 Å². The molecule has 4 heteroatoms. The van der Waals surface area contributed by atoms with E-state index >= 15 is 0 Å². The fraction of sp³-hybridized carbons (Fsp3) is 0.318. The molecule has 0 radical (unpaired) electrons. The molecule has 3 heterocycles. The number of rotatable bonds is 2. The van der Waals surface area contributed by atoms with Gasteiger partial charge in [-0.15, -0.1) is 0 Å². The zero-order valence-corrected chi connectivity index (χ0v) is 32.5. The van der Waals surface area contributed by atoms with Gasteiger partial charge in [-0.25, -0.2) is 0 Å². The Morgan fingerprint density at radius 3 is 2.08 bits per heavy atom. The molecule has 0 atom stereocenters. The molecule has 0 bridgehead atoms. The molecule has 1 saturated carbocycles. The molecule has 1 aromatic heterocycles. The van der Waals surface area contributed by atoms with Crippen molar-refractivity contribution < 1.29 is 0 Å². The third-order valence-corrected chi connectivity index (χ3v) is 16.2. The van der Waals surface area contributed by atoms with Gasteiger partial charge in [0.25, 0.3) is 0 Å². The van der Waals surface area contributed by atoms with Gasteiger partial charge in [0.2, 0.25) is 0 Å². The van der Waals surface area contributed by atoms with E-state index in [0.717, 1.165) is 0 Å². The van der Waals surface area contributed by atoms with Crippen LogP contribution in [0.1, 0.15) is 96.3 Å². The van der Waals surface area contributed by atoms with E-state index in [2.05, 4.69) is 137 Å². The third kappa shape index (κ3) is 4.93. The van der Waals surface area contributed by atoms with Crippen molar-refractivity contribution in [3.8, 4) is 5.69 Å². The fourth-order valence-electron chi connectivity index (χ4n) is 8.53. The standard InChI is InChI=1S/C44H44BNSe2/c1-43(2,3)29-20-22-38-33(24-29)45-34-25-30(44(4,5)6)26-37(42(34)48-40-18-12-17-39(47-38)41(40)45)46-35-16-11-10-15-31(35)32-23-28(19-21-36(32)46)27-13-8-7-9-14-27/h10-12,15-27H,7-9,13-14H2,1-6H3. The van der Waals surface area contributed by atoms with Crippen molar-refractivity contribution in [2.45, 2.75) is 90.4 Å². The molecule has 1 aliphatic carbocycles. The predicted molar refractivity (Wildman–Crippen MR) is 212 cm³/mol. The van der Waals surface area contributed by atoms with Gasteiger partial charge in [-0.2, -0.15) is 0 Å². The fourth-order valence-corrected chi connectivity index (χ4v) is 13.9. The Kier molecular flexibility index (Phi) is 7.28. The van der Waals surface area contributed by atoms with E-state index in [1.165, 1.54) is 76.3 Å². The zero-order chi connectivity index (χ0) is 32.9. The molecular formula is C44H44BNSe2. The first-order valence-electron chi connectivity index (χ1n) is 17.9. The Labute approximate surface area is 299 Å². The van der Waals surface area contributed by atoms with Crippen molar-refractivity contribution in [1.29, 1.82) is 0 Å². The number of hydrogen-bond acceptors (Lipinski definition) is 0. The van der Waals surface area contributed by atoms with Crippen LogP contribution >= 0.6 is 0 Å². The minimum atomic E-state index is 0.0260. The van der Waals surface area contributed by atoms with Crippen molar-refractivity contribution in [2.75, 3.05) is 0 Å². The van der Waals surface area contributed by atoms with Crippen molar-refractivity contribution in [3.05, 3.63) is 108 Å². The summed E-state index contributed by atoms with van der Waals surface area (Å²) < 4.78 is 8.94. The van der Waals surface area contributed by atoms with Gasteiger partial charge in [0, 0.05) is 0 Å². The van der Waals surface area contributed by atoms with E-state index in [0.29, 0.717) is 20.9 Å². The maximum absolute atomic E-state index is 2.65. The van der Waals surface area contributed by atoms with Gasteiger partial charge in [-0.3, -0.25) is 0 Å². The predicted octanol–water partition coefficient (Wildman–Crippen LogP) is 5.88. The normalized spacial score (nSPS) is 16.2. The van der Waals surface area contributed by atoms with E-state index in [4.69, 9.17) is 0 Å². The Balaban J connectivity index is 1.34. The molecule has 48 heavy (non-hydrogen) atoms. The van der Waals surface area contributed by atoms with Crippen LogP contribution in [0.15, 0.2) is 91.0 Å². The van der Waals surface area contributed by atoms with E-state index in [1.54, 1.807) is 34.2 Å². The maximum atomic E-state index is 2.65. The van der Waals surface area contributed by atoms with E-state index in [1.807, 2.05) is 0 Å². The number of nitrogens with zero attached hydrogens (tertiary/aromatic N) is 1. The molecule has 0 saturated heterocycles. The quantitative estimate of drug-likeness (QED) is 0.195. The van der Waals surface area contributed by atoms with Crippen molar-refractivity contribution in [1.82, 2.24) is 4.57 Å². The van der Waals surface area contributed by atoms with Crippen molar-refractivity contribution in [3.63, 3.8) is 0 Å². The van der Waals surface area contributed by atoms with E-state index < -0.39 is 0 Å². The first-order valence-corrected chi connectivity index (χ1v) is 21.3. The molecule has 6 aromatic rings. The summed E-state index contributed by atoms with van der Waals surface area (Å²) in [6.07, 6.45) is 6.78. The second-order valence-corrected chi connectivity index (χ2v) is 20.9. The molecule has 9 rings (SSSR count). The average molecular weight is 756 g/mol. The molecule has 5 aromatic carbocycles. The van der Waals surface area contributed by atoms with Crippen LogP contribution in [-0.4, -0.2) is 41.2 Å². The molecule has 1 fully saturated rings. The van der Waals surface area contributed by atoms with Crippen LogP contribution < -0.4 is 34.2 Å². The molecule has 3 aliphatic rings. The number of aromatic nitrogens is 1. The minimum absolute atomic E-state index is 0.0260. The summed E-state index contributed by atoms with van der Waals surface area (Å²) in [5, 5.41) is 2.79. The van der Waals surface area contributed by atoms with Gasteiger partial charge >= 0.3 is 301 Å². The van der Waals surface area contributed by atoms with Gasteiger partial charge in [-0.1, -0.05) is 0 Å². The second-order valence-electron chi connectivity index (χ2n) is 16.4. The second kappa shape index (κ2) is 11.3. The number of hydrogen-bond donors (Lipinski definition) is 0. The van der Waals surface area contributed by atoms with Gasteiger partial charge < -0.3 is 0 Å². The Hall–Kier alpha value is -3.00. The first kappa shape index (κ1) is 31.0. The molecule has 0 spiro atoms. The summed E-state index contributed by atoms with van der Waals surface area (Å²) >= 11 is 0.534. The molecule has 0 amide bonds. The molecule has 2 aliphatic heterocycles. The average Bonchev–Trinajstić information content (AvgIpc) is 3.40. The van der Waals surface area contributed by atoms with E-state index in [9.17, 15) is 0 Å². The van der Waals surface area contributed by atoms with Crippen LogP contribution in [0, 0.1) is 0 Å². The van der Waals surface area contributed by atoms with Crippen LogP contribution in [0.2, 0.25) is 0 Å². The number of fused-ring (bicyclic) bond motifs is 7. The van der Waals surface area contributed by atoms with Crippen LogP contribution in [0.25, 0.3) is 27.5 Å². The number of para-hydroxylation sites is 1. The van der Waals surface area contributed by atoms with Crippen LogP contribution in [0.4, 0.5) is 0 Å². The van der Waals surface area contributed by atoms with Gasteiger partial charge in [0.1, 0.15) is 0 Å². The SMILES string of the molecule is CC(C)(C)c1ccc2c(c1)B1c3cc(C(C)(C)C)cc(-n4c5ccccc5c5cc(C6CCCCC6)ccc54)c3[Se]c3cccc(c31)[Se]2. The summed E-state index contributed by atoms with van der Waals surface area (Å²) in [6, 6.07) is 36.5. The first-order chi connectivity index (χ1) is 23.1. The topological polar surface area (TPSA) is 4.93 Å². The van der Waals surface area contributed by atoms with Gasteiger partial charge in [0.15, 0.2) is 0 Å². The van der Waals surface area contributed by atoms with Crippen LogP contribution in [0.3, 0.4) is 0 Å². The van der Waals surface area contributed by atoms with Crippen LogP contribution in [0.5, 0.6) is 0 Å². The molecule has 1 nitrogen and oxygen atoms in total. The number of benzene rings is 5. The molecular weight excluding hydrogens is 711 g/mol. The summed E-state index contributed by atoms with van der Waals surface area (Å²) in [4.78, 5) is 0. The third-order valence-electron chi connectivity index (χ3n) is 11.2. The zero-order valence-electron chi connectivity index (χ0n) is 29.1. The van der Waals surface area contributed by atoms with Crippen molar-refractivity contribution in [2.24, 2.45) is 0 Å².